The molecule has 0 saturated carbocycles. The van der Waals surface area contributed by atoms with Gasteiger partial charge < -0.3 is 11.1 Å². The van der Waals surface area contributed by atoms with E-state index in [1.54, 1.807) is 10.9 Å². The summed E-state index contributed by atoms with van der Waals surface area (Å²) in [7, 11) is 0. The number of benzene rings is 1. The normalized spacial score (nSPS) is 13.8. The van der Waals surface area contributed by atoms with E-state index in [0.717, 1.165) is 12.1 Å². The van der Waals surface area contributed by atoms with Gasteiger partial charge in [0.15, 0.2) is 5.69 Å². The molecule has 1 aromatic heterocycles. The summed E-state index contributed by atoms with van der Waals surface area (Å²) in [6.07, 6.45) is 2.44. The molecule has 0 spiro atoms. The van der Waals surface area contributed by atoms with Gasteiger partial charge in [-0.25, -0.2) is 4.68 Å². The van der Waals surface area contributed by atoms with E-state index >= 15 is 0 Å². The molecule has 124 valence electrons. The highest BCUT2D eigenvalue weighted by atomic mass is 16.2. The van der Waals surface area contributed by atoms with Crippen molar-refractivity contribution in [1.82, 2.24) is 20.3 Å². The largest absolute Gasteiger partial charge is 0.344 e. The van der Waals surface area contributed by atoms with E-state index in [1.807, 2.05) is 38.1 Å². The summed E-state index contributed by atoms with van der Waals surface area (Å²) >= 11 is 0. The van der Waals surface area contributed by atoms with Crippen molar-refractivity contribution in [2.45, 2.75) is 39.7 Å². The number of nitrogens with two attached hydrogens (primary N) is 1. The summed E-state index contributed by atoms with van der Waals surface area (Å²) < 4.78 is 1.59. The van der Waals surface area contributed by atoms with E-state index in [2.05, 4.69) is 29.5 Å². The third kappa shape index (κ3) is 4.39. The van der Waals surface area contributed by atoms with E-state index in [4.69, 9.17) is 5.73 Å². The Morgan fingerprint density at radius 3 is 2.57 bits per heavy atom. The van der Waals surface area contributed by atoms with Gasteiger partial charge in [0.25, 0.3) is 5.91 Å². The molecule has 0 aliphatic carbocycles. The molecule has 2 aromatic rings. The highest BCUT2D eigenvalue weighted by Crippen LogP contribution is 2.16. The second-order valence-corrected chi connectivity index (χ2v) is 6.70. The zero-order valence-electron chi connectivity index (χ0n) is 14.2. The maximum Gasteiger partial charge on any atom is 0.273 e. The Kier molecular flexibility index (Phi) is 5.15. The Labute approximate surface area is 137 Å². The minimum Gasteiger partial charge on any atom is -0.344 e. The van der Waals surface area contributed by atoms with Crippen LogP contribution in [0.4, 0.5) is 0 Å². The van der Waals surface area contributed by atoms with Crippen molar-refractivity contribution in [3.63, 3.8) is 0 Å². The SMILES string of the molecule is Cc1ccc(-n2cc(C(=O)NC(C)(CN)CC(C)C)nn2)cc1. The van der Waals surface area contributed by atoms with E-state index in [-0.39, 0.29) is 11.6 Å². The fraction of sp³-hybridized carbons (Fsp3) is 0.471. The topological polar surface area (TPSA) is 85.8 Å². The van der Waals surface area contributed by atoms with Crippen molar-refractivity contribution < 1.29 is 4.79 Å². The van der Waals surface area contributed by atoms with Crippen LogP contribution in [0.5, 0.6) is 0 Å². The van der Waals surface area contributed by atoms with Crippen LogP contribution in [0.2, 0.25) is 0 Å². The molecule has 0 aliphatic heterocycles. The molecule has 2 rings (SSSR count). The predicted molar refractivity (Wildman–Crippen MR) is 90.5 cm³/mol. The number of rotatable bonds is 6. The first kappa shape index (κ1) is 17.1. The van der Waals surface area contributed by atoms with Gasteiger partial charge in [0, 0.05) is 6.54 Å². The number of hydrogen-bond donors (Lipinski definition) is 2. The Hall–Kier alpha value is -2.21. The van der Waals surface area contributed by atoms with Crippen LogP contribution in [0.1, 0.15) is 43.2 Å². The van der Waals surface area contributed by atoms with Crippen LogP contribution in [-0.2, 0) is 0 Å². The lowest BCUT2D eigenvalue weighted by Gasteiger charge is -2.30. The van der Waals surface area contributed by atoms with Gasteiger partial charge in [0.2, 0.25) is 0 Å². The number of nitrogens with one attached hydrogen (secondary N) is 1. The minimum atomic E-state index is -0.446. The predicted octanol–water partition coefficient (Wildman–Crippen LogP) is 2.07. The molecule has 3 N–H and O–H groups in total. The summed E-state index contributed by atoms with van der Waals surface area (Å²) in [4.78, 5) is 12.4. The van der Waals surface area contributed by atoms with Gasteiger partial charge in [-0.3, -0.25) is 4.79 Å². The Morgan fingerprint density at radius 2 is 2.00 bits per heavy atom. The Balaban J connectivity index is 2.13. The molecule has 0 saturated heterocycles. The minimum absolute atomic E-state index is 0.253. The van der Waals surface area contributed by atoms with Crippen molar-refractivity contribution in [2.75, 3.05) is 6.54 Å². The third-order valence-corrected chi connectivity index (χ3v) is 3.75. The van der Waals surface area contributed by atoms with Crippen molar-refractivity contribution in [2.24, 2.45) is 11.7 Å². The first-order valence-electron chi connectivity index (χ1n) is 7.85. The smallest absolute Gasteiger partial charge is 0.273 e. The van der Waals surface area contributed by atoms with Gasteiger partial charge in [-0.15, -0.1) is 5.10 Å². The molecule has 0 bridgehead atoms. The Morgan fingerprint density at radius 1 is 1.35 bits per heavy atom. The first-order chi connectivity index (χ1) is 10.8. The van der Waals surface area contributed by atoms with Crippen LogP contribution >= 0.6 is 0 Å². The lowest BCUT2D eigenvalue weighted by molar-refractivity contribution is 0.0893. The molecule has 1 unspecified atom stereocenters. The summed E-state index contributed by atoms with van der Waals surface area (Å²) in [5.74, 6) is 0.184. The summed E-state index contributed by atoms with van der Waals surface area (Å²) in [5.41, 5.74) is 7.71. The number of carbonyl (C=O) groups excluding carboxylic acids is 1. The van der Waals surface area contributed by atoms with Gasteiger partial charge in [-0.2, -0.15) is 0 Å². The third-order valence-electron chi connectivity index (χ3n) is 3.75. The molecule has 0 aliphatic rings. The number of nitrogens with zero attached hydrogens (tertiary/aromatic N) is 3. The van der Waals surface area contributed by atoms with Crippen molar-refractivity contribution >= 4 is 5.91 Å². The molecule has 0 radical (unpaired) electrons. The van der Waals surface area contributed by atoms with Crippen LogP contribution in [0.3, 0.4) is 0 Å². The summed E-state index contributed by atoms with van der Waals surface area (Å²) in [5, 5.41) is 11.0. The highest BCUT2D eigenvalue weighted by molar-refractivity contribution is 5.92. The van der Waals surface area contributed by atoms with E-state index in [0.29, 0.717) is 12.5 Å². The van der Waals surface area contributed by atoms with E-state index < -0.39 is 5.54 Å². The summed E-state index contributed by atoms with van der Waals surface area (Å²) in [6, 6.07) is 7.86. The average molecular weight is 315 g/mol. The number of carbonyl (C=O) groups is 1. The molecule has 6 heteroatoms. The maximum absolute atomic E-state index is 12.4. The first-order valence-corrected chi connectivity index (χ1v) is 7.85. The van der Waals surface area contributed by atoms with E-state index in [1.165, 1.54) is 5.56 Å². The number of amides is 1. The highest BCUT2D eigenvalue weighted by Gasteiger charge is 2.27. The van der Waals surface area contributed by atoms with E-state index in [9.17, 15) is 4.79 Å². The molecular formula is C17H25N5O. The fourth-order valence-electron chi connectivity index (χ4n) is 2.62. The quantitative estimate of drug-likeness (QED) is 0.854. The Bertz CT molecular complexity index is 662. The van der Waals surface area contributed by atoms with Crippen LogP contribution in [0, 0.1) is 12.8 Å². The van der Waals surface area contributed by atoms with Crippen molar-refractivity contribution in [3.05, 3.63) is 41.7 Å². The number of hydrogen-bond acceptors (Lipinski definition) is 4. The van der Waals surface area contributed by atoms with Crippen LogP contribution in [-0.4, -0.2) is 33.0 Å². The monoisotopic (exact) mass is 315 g/mol. The average Bonchev–Trinajstić information content (AvgIpc) is 2.97. The molecule has 1 aromatic carbocycles. The van der Waals surface area contributed by atoms with Gasteiger partial charge in [0.05, 0.1) is 17.4 Å². The molecule has 1 heterocycles. The summed E-state index contributed by atoms with van der Waals surface area (Å²) in [6.45, 7) is 8.56. The van der Waals surface area contributed by atoms with Crippen LogP contribution in [0.25, 0.3) is 5.69 Å². The second kappa shape index (κ2) is 6.91. The second-order valence-electron chi connectivity index (χ2n) is 6.70. The number of aromatic nitrogens is 3. The molecule has 0 fully saturated rings. The molecular weight excluding hydrogens is 290 g/mol. The number of aryl methyl sites for hydroxylation is 1. The molecule has 23 heavy (non-hydrogen) atoms. The zero-order valence-corrected chi connectivity index (χ0v) is 14.2. The molecule has 1 atom stereocenters. The molecule has 1 amide bonds. The lowest BCUT2D eigenvalue weighted by Crippen LogP contribution is -2.52. The van der Waals surface area contributed by atoms with Gasteiger partial charge in [-0.05, 0) is 38.3 Å². The zero-order chi connectivity index (χ0) is 17.0. The van der Waals surface area contributed by atoms with Crippen molar-refractivity contribution in [1.29, 1.82) is 0 Å². The van der Waals surface area contributed by atoms with Gasteiger partial charge in [0.1, 0.15) is 0 Å². The van der Waals surface area contributed by atoms with Crippen molar-refractivity contribution in [3.8, 4) is 5.69 Å². The fourth-order valence-corrected chi connectivity index (χ4v) is 2.62. The van der Waals surface area contributed by atoms with Gasteiger partial charge in [-0.1, -0.05) is 36.8 Å². The standard InChI is InChI=1S/C17H25N5O/c1-12(2)9-17(4,11-18)19-16(23)15-10-22(21-20-15)14-7-5-13(3)6-8-14/h5-8,10,12H,9,11,18H2,1-4H3,(H,19,23). The van der Waals surface area contributed by atoms with Crippen LogP contribution in [0.15, 0.2) is 30.5 Å². The van der Waals surface area contributed by atoms with Gasteiger partial charge >= 0.3 is 0 Å². The molecule has 6 nitrogen and oxygen atoms in total. The maximum atomic E-state index is 12.4. The lowest BCUT2D eigenvalue weighted by atomic mass is 9.90. The van der Waals surface area contributed by atoms with Crippen LogP contribution < -0.4 is 11.1 Å².